The van der Waals surface area contributed by atoms with Crippen LogP contribution in [-0.4, -0.2) is 16.0 Å². The molecule has 1 aromatic carbocycles. The number of hydrogen-bond acceptors (Lipinski definition) is 6. The average Bonchev–Trinajstić information content (AvgIpc) is 3.17. The molecule has 2 aromatic heterocycles. The molecule has 0 aliphatic rings. The molecule has 0 spiro atoms. The smallest absolute Gasteiger partial charge is 0.257 e. The maximum atomic E-state index is 12.1. The van der Waals surface area contributed by atoms with Crippen LogP contribution in [-0.2, 0) is 6.61 Å². The molecule has 1 N–H and O–H groups in total. The summed E-state index contributed by atoms with van der Waals surface area (Å²) in [5.74, 6) is 1.23. The minimum atomic E-state index is -0.197. The molecule has 2 heterocycles. The second-order valence-corrected chi connectivity index (χ2v) is 5.80. The zero-order valence-corrected chi connectivity index (χ0v) is 13.5. The van der Waals surface area contributed by atoms with Gasteiger partial charge in [-0.25, -0.2) is 4.98 Å². The number of amides is 1. The molecule has 23 heavy (non-hydrogen) atoms. The van der Waals surface area contributed by atoms with E-state index in [1.807, 2.05) is 13.8 Å². The SMILES string of the molecule is Cc1noc(C)c1COc1ccc(C(=O)Nc2nccs2)cc1. The summed E-state index contributed by atoms with van der Waals surface area (Å²) in [6.07, 6.45) is 1.64. The van der Waals surface area contributed by atoms with Crippen molar-refractivity contribution >= 4 is 22.4 Å². The van der Waals surface area contributed by atoms with E-state index in [2.05, 4.69) is 15.5 Å². The Balaban J connectivity index is 1.62. The third kappa shape index (κ3) is 3.57. The van der Waals surface area contributed by atoms with Gasteiger partial charge in [-0.15, -0.1) is 11.3 Å². The van der Waals surface area contributed by atoms with Gasteiger partial charge in [0, 0.05) is 17.1 Å². The molecule has 6 nitrogen and oxygen atoms in total. The van der Waals surface area contributed by atoms with Crippen molar-refractivity contribution < 1.29 is 14.1 Å². The Morgan fingerprint density at radius 1 is 1.30 bits per heavy atom. The van der Waals surface area contributed by atoms with Crippen molar-refractivity contribution in [3.05, 3.63) is 58.4 Å². The summed E-state index contributed by atoms with van der Waals surface area (Å²) < 4.78 is 10.8. The Kier molecular flexibility index (Phi) is 4.38. The standard InChI is InChI=1S/C16H15N3O3S/c1-10-14(11(2)22-19-10)9-21-13-5-3-12(4-6-13)15(20)18-16-17-7-8-23-16/h3-8H,9H2,1-2H3,(H,17,18,20). The molecule has 1 amide bonds. The number of rotatable bonds is 5. The van der Waals surface area contributed by atoms with Crippen LogP contribution in [0.25, 0.3) is 0 Å². The number of thiazole rings is 1. The number of benzene rings is 1. The van der Waals surface area contributed by atoms with Gasteiger partial charge in [0.05, 0.1) is 11.3 Å². The topological polar surface area (TPSA) is 77.2 Å². The molecule has 0 fully saturated rings. The molecule has 0 radical (unpaired) electrons. The third-order valence-corrected chi connectivity index (χ3v) is 4.02. The van der Waals surface area contributed by atoms with Crippen molar-refractivity contribution in [3.63, 3.8) is 0 Å². The van der Waals surface area contributed by atoms with Gasteiger partial charge in [0.25, 0.3) is 5.91 Å². The highest BCUT2D eigenvalue weighted by molar-refractivity contribution is 7.13. The van der Waals surface area contributed by atoms with Crippen LogP contribution < -0.4 is 10.1 Å². The Labute approximate surface area is 137 Å². The van der Waals surface area contributed by atoms with Crippen LogP contribution in [0.4, 0.5) is 5.13 Å². The summed E-state index contributed by atoms with van der Waals surface area (Å²) in [5.41, 5.74) is 2.31. The van der Waals surface area contributed by atoms with E-state index >= 15 is 0 Å². The Hall–Kier alpha value is -2.67. The molecule has 0 bridgehead atoms. The Morgan fingerprint density at radius 2 is 2.09 bits per heavy atom. The predicted octanol–water partition coefficient (Wildman–Crippen LogP) is 3.58. The normalized spacial score (nSPS) is 10.5. The summed E-state index contributed by atoms with van der Waals surface area (Å²) >= 11 is 1.38. The first-order valence-electron chi connectivity index (χ1n) is 6.99. The minimum absolute atomic E-state index is 0.197. The quantitative estimate of drug-likeness (QED) is 0.774. The third-order valence-electron chi connectivity index (χ3n) is 3.33. The number of carbonyl (C=O) groups is 1. The zero-order valence-electron chi connectivity index (χ0n) is 12.7. The molecule has 3 aromatic rings. The summed E-state index contributed by atoms with van der Waals surface area (Å²) in [4.78, 5) is 16.1. The van der Waals surface area contributed by atoms with Gasteiger partial charge in [-0.05, 0) is 38.1 Å². The second kappa shape index (κ2) is 6.62. The van der Waals surface area contributed by atoms with E-state index in [4.69, 9.17) is 9.26 Å². The first-order valence-corrected chi connectivity index (χ1v) is 7.87. The first-order chi connectivity index (χ1) is 11.1. The lowest BCUT2D eigenvalue weighted by atomic mass is 10.2. The molecule has 3 rings (SSSR count). The second-order valence-electron chi connectivity index (χ2n) is 4.91. The highest BCUT2D eigenvalue weighted by atomic mass is 32.1. The number of ether oxygens (including phenoxy) is 1. The number of nitrogens with one attached hydrogen (secondary N) is 1. The molecule has 0 aliphatic carbocycles. The van der Waals surface area contributed by atoms with E-state index in [-0.39, 0.29) is 5.91 Å². The van der Waals surface area contributed by atoms with Crippen LogP contribution in [0.15, 0.2) is 40.4 Å². The molecule has 0 saturated carbocycles. The van der Waals surface area contributed by atoms with Gasteiger partial charge in [0.1, 0.15) is 18.1 Å². The minimum Gasteiger partial charge on any atom is -0.489 e. The van der Waals surface area contributed by atoms with E-state index in [0.29, 0.717) is 23.1 Å². The van der Waals surface area contributed by atoms with Crippen molar-refractivity contribution in [1.82, 2.24) is 10.1 Å². The van der Waals surface area contributed by atoms with Crippen LogP contribution in [0.3, 0.4) is 0 Å². The lowest BCUT2D eigenvalue weighted by Crippen LogP contribution is -2.11. The molecule has 0 unspecified atom stereocenters. The van der Waals surface area contributed by atoms with E-state index in [1.54, 1.807) is 35.8 Å². The van der Waals surface area contributed by atoms with Gasteiger partial charge in [-0.1, -0.05) is 5.16 Å². The maximum absolute atomic E-state index is 12.1. The molecule has 0 saturated heterocycles. The lowest BCUT2D eigenvalue weighted by molar-refractivity contribution is 0.102. The first kappa shape index (κ1) is 15.2. The number of aryl methyl sites for hydroxylation is 2. The molecule has 0 atom stereocenters. The van der Waals surface area contributed by atoms with Crippen LogP contribution in [0.2, 0.25) is 0 Å². The van der Waals surface area contributed by atoms with Crippen molar-refractivity contribution in [1.29, 1.82) is 0 Å². The fraction of sp³-hybridized carbons (Fsp3) is 0.188. The maximum Gasteiger partial charge on any atom is 0.257 e. The molecule has 7 heteroatoms. The van der Waals surface area contributed by atoms with E-state index in [0.717, 1.165) is 17.0 Å². The Morgan fingerprint density at radius 3 is 2.70 bits per heavy atom. The van der Waals surface area contributed by atoms with Gasteiger partial charge < -0.3 is 9.26 Å². The van der Waals surface area contributed by atoms with E-state index in [9.17, 15) is 4.79 Å². The summed E-state index contributed by atoms with van der Waals surface area (Å²) in [6, 6.07) is 6.95. The summed E-state index contributed by atoms with van der Waals surface area (Å²) in [5, 5.41) is 9.01. The highest BCUT2D eigenvalue weighted by Crippen LogP contribution is 2.19. The van der Waals surface area contributed by atoms with Gasteiger partial charge in [0.2, 0.25) is 0 Å². The van der Waals surface area contributed by atoms with Crippen LogP contribution >= 0.6 is 11.3 Å². The number of nitrogens with zero attached hydrogens (tertiary/aromatic N) is 2. The van der Waals surface area contributed by atoms with Crippen molar-refractivity contribution in [2.75, 3.05) is 5.32 Å². The number of hydrogen-bond donors (Lipinski definition) is 1. The van der Waals surface area contributed by atoms with Gasteiger partial charge in [-0.3, -0.25) is 10.1 Å². The van der Waals surface area contributed by atoms with E-state index in [1.165, 1.54) is 11.3 Å². The Bertz CT molecular complexity index is 775. The van der Waals surface area contributed by atoms with Crippen molar-refractivity contribution in [2.45, 2.75) is 20.5 Å². The summed E-state index contributed by atoms with van der Waals surface area (Å²) in [6.45, 7) is 4.11. The number of carbonyl (C=O) groups excluding carboxylic acids is 1. The van der Waals surface area contributed by atoms with Gasteiger partial charge >= 0.3 is 0 Å². The van der Waals surface area contributed by atoms with Crippen LogP contribution in [0.5, 0.6) is 5.75 Å². The van der Waals surface area contributed by atoms with Crippen molar-refractivity contribution in [3.8, 4) is 5.75 Å². The average molecular weight is 329 g/mol. The number of aromatic nitrogens is 2. The van der Waals surface area contributed by atoms with Crippen molar-refractivity contribution in [2.24, 2.45) is 0 Å². The zero-order chi connectivity index (χ0) is 16.2. The van der Waals surface area contributed by atoms with Crippen LogP contribution in [0.1, 0.15) is 27.4 Å². The monoisotopic (exact) mass is 329 g/mol. The fourth-order valence-corrected chi connectivity index (χ4v) is 2.54. The predicted molar refractivity (Wildman–Crippen MR) is 86.8 cm³/mol. The molecular weight excluding hydrogens is 314 g/mol. The van der Waals surface area contributed by atoms with Gasteiger partial charge in [0.15, 0.2) is 5.13 Å². The largest absolute Gasteiger partial charge is 0.489 e. The number of anilines is 1. The molecule has 0 aliphatic heterocycles. The molecule has 118 valence electrons. The van der Waals surface area contributed by atoms with E-state index < -0.39 is 0 Å². The van der Waals surface area contributed by atoms with Gasteiger partial charge in [-0.2, -0.15) is 0 Å². The summed E-state index contributed by atoms with van der Waals surface area (Å²) in [7, 11) is 0. The fourth-order valence-electron chi connectivity index (χ4n) is 2.02. The lowest BCUT2D eigenvalue weighted by Gasteiger charge is -2.07. The van der Waals surface area contributed by atoms with Crippen LogP contribution in [0, 0.1) is 13.8 Å². The molecular formula is C16H15N3O3S. The highest BCUT2D eigenvalue weighted by Gasteiger charge is 2.10.